The largest absolute Gasteiger partial charge is 0.338 e. The van der Waals surface area contributed by atoms with Crippen LogP contribution < -0.4 is 5.32 Å². The molecule has 1 aromatic rings. The van der Waals surface area contributed by atoms with E-state index in [0.29, 0.717) is 16.6 Å². The number of halogens is 2. The van der Waals surface area contributed by atoms with Gasteiger partial charge in [0.1, 0.15) is 0 Å². The smallest absolute Gasteiger partial charge is 0.249 e. The van der Waals surface area contributed by atoms with Crippen LogP contribution in [0.15, 0.2) is 29.3 Å². The highest BCUT2D eigenvalue weighted by Gasteiger charge is 2.19. The van der Waals surface area contributed by atoms with Crippen molar-refractivity contribution in [2.24, 2.45) is 0 Å². The van der Waals surface area contributed by atoms with Gasteiger partial charge in [0, 0.05) is 32.3 Å². The number of likely N-dealkylation sites (N-methyl/N-ethyl adjacent to an activating group) is 1. The van der Waals surface area contributed by atoms with Gasteiger partial charge in [-0.05, 0) is 30.2 Å². The second kappa shape index (κ2) is 5.95. The Kier molecular flexibility index (Phi) is 4.50. The zero-order valence-corrected chi connectivity index (χ0v) is 12.5. The molecule has 0 radical (unpaired) electrons. The number of nitrogens with zero attached hydrogens (tertiary/aromatic N) is 1. The number of carbonyl (C=O) groups is 1. The maximum atomic E-state index is 12.2. The minimum absolute atomic E-state index is 0.0579. The quantitative estimate of drug-likeness (QED) is 0.870. The SMILES string of the molecule is CC(C(=O)N(C)Cc1ccc(Cl)c(Cl)c1)=C1CNC1. The minimum Gasteiger partial charge on any atom is -0.338 e. The molecule has 0 bridgehead atoms. The van der Waals surface area contributed by atoms with Crippen molar-refractivity contribution in [2.45, 2.75) is 13.5 Å². The van der Waals surface area contributed by atoms with Crippen LogP contribution in [-0.2, 0) is 11.3 Å². The van der Waals surface area contributed by atoms with Crippen molar-refractivity contribution in [3.63, 3.8) is 0 Å². The van der Waals surface area contributed by atoms with Crippen molar-refractivity contribution in [1.82, 2.24) is 10.2 Å². The first-order valence-corrected chi connectivity index (χ1v) is 6.83. The van der Waals surface area contributed by atoms with Gasteiger partial charge in [-0.2, -0.15) is 0 Å². The minimum atomic E-state index is 0.0579. The molecule has 1 heterocycles. The number of carbonyl (C=O) groups excluding carboxylic acids is 1. The van der Waals surface area contributed by atoms with Crippen molar-refractivity contribution in [2.75, 3.05) is 20.1 Å². The highest BCUT2D eigenvalue weighted by molar-refractivity contribution is 6.42. The Bertz CT molecular complexity index is 534. The second-order valence-electron chi connectivity index (χ2n) is 4.74. The molecule has 19 heavy (non-hydrogen) atoms. The van der Waals surface area contributed by atoms with Crippen LogP contribution in [0.5, 0.6) is 0 Å². The van der Waals surface area contributed by atoms with Crippen LogP contribution >= 0.6 is 23.2 Å². The summed E-state index contributed by atoms with van der Waals surface area (Å²) in [7, 11) is 1.79. The van der Waals surface area contributed by atoms with Gasteiger partial charge < -0.3 is 10.2 Å². The lowest BCUT2D eigenvalue weighted by Crippen LogP contribution is -2.38. The third-order valence-electron chi connectivity index (χ3n) is 3.28. The van der Waals surface area contributed by atoms with Gasteiger partial charge in [-0.25, -0.2) is 0 Å². The fourth-order valence-electron chi connectivity index (χ4n) is 1.94. The van der Waals surface area contributed by atoms with Gasteiger partial charge in [0.15, 0.2) is 0 Å². The van der Waals surface area contributed by atoms with Gasteiger partial charge in [0.2, 0.25) is 5.91 Å². The highest BCUT2D eigenvalue weighted by Crippen LogP contribution is 2.23. The normalized spacial score (nSPS) is 14.0. The van der Waals surface area contributed by atoms with Gasteiger partial charge in [-0.15, -0.1) is 0 Å². The summed E-state index contributed by atoms with van der Waals surface area (Å²) in [5, 5.41) is 4.18. The van der Waals surface area contributed by atoms with E-state index < -0.39 is 0 Å². The van der Waals surface area contributed by atoms with Crippen LogP contribution in [-0.4, -0.2) is 30.9 Å². The zero-order valence-electron chi connectivity index (χ0n) is 11.0. The topological polar surface area (TPSA) is 32.3 Å². The lowest BCUT2D eigenvalue weighted by atomic mass is 10.0. The second-order valence-corrected chi connectivity index (χ2v) is 5.56. The van der Waals surface area contributed by atoms with Gasteiger partial charge in [0.05, 0.1) is 10.0 Å². The molecule has 1 aliphatic rings. The summed E-state index contributed by atoms with van der Waals surface area (Å²) in [6.07, 6.45) is 0. The summed E-state index contributed by atoms with van der Waals surface area (Å²) < 4.78 is 0. The van der Waals surface area contributed by atoms with Crippen LogP contribution in [0, 0.1) is 0 Å². The summed E-state index contributed by atoms with van der Waals surface area (Å²) in [5.41, 5.74) is 2.99. The lowest BCUT2D eigenvalue weighted by Gasteiger charge is -2.24. The van der Waals surface area contributed by atoms with E-state index in [9.17, 15) is 4.79 Å². The summed E-state index contributed by atoms with van der Waals surface area (Å²) >= 11 is 11.8. The van der Waals surface area contributed by atoms with Crippen molar-refractivity contribution < 1.29 is 4.79 Å². The first kappa shape index (κ1) is 14.4. The Balaban J connectivity index is 2.06. The Labute approximate surface area is 123 Å². The number of hydrogen-bond donors (Lipinski definition) is 1. The Morgan fingerprint density at radius 1 is 1.32 bits per heavy atom. The van der Waals surface area contributed by atoms with Gasteiger partial charge >= 0.3 is 0 Å². The fraction of sp³-hybridized carbons (Fsp3) is 0.357. The van der Waals surface area contributed by atoms with E-state index in [1.165, 1.54) is 5.57 Å². The molecule has 1 amide bonds. The molecule has 0 atom stereocenters. The summed E-state index contributed by atoms with van der Waals surface area (Å²) in [4.78, 5) is 13.9. The Morgan fingerprint density at radius 3 is 2.53 bits per heavy atom. The summed E-state index contributed by atoms with van der Waals surface area (Å²) in [6, 6.07) is 5.42. The number of benzene rings is 1. The van der Waals surface area contributed by atoms with Crippen molar-refractivity contribution in [3.8, 4) is 0 Å². The maximum Gasteiger partial charge on any atom is 0.249 e. The first-order valence-electron chi connectivity index (χ1n) is 6.07. The predicted molar refractivity (Wildman–Crippen MR) is 78.5 cm³/mol. The average Bonchev–Trinajstić information content (AvgIpc) is 2.30. The first-order chi connectivity index (χ1) is 8.99. The van der Waals surface area contributed by atoms with E-state index in [1.54, 1.807) is 24.1 Å². The van der Waals surface area contributed by atoms with Crippen LogP contribution in [0.1, 0.15) is 12.5 Å². The number of amides is 1. The van der Waals surface area contributed by atoms with Crippen LogP contribution in [0.4, 0.5) is 0 Å². The molecule has 0 aliphatic carbocycles. The molecule has 1 aliphatic heterocycles. The molecule has 0 unspecified atom stereocenters. The molecule has 3 nitrogen and oxygen atoms in total. The molecular formula is C14H16Cl2N2O. The molecular weight excluding hydrogens is 283 g/mol. The third kappa shape index (κ3) is 3.30. The molecule has 1 N–H and O–H groups in total. The molecule has 2 rings (SSSR count). The van der Waals surface area contributed by atoms with E-state index in [4.69, 9.17) is 23.2 Å². The lowest BCUT2D eigenvalue weighted by molar-refractivity contribution is -0.126. The van der Waals surface area contributed by atoms with Gasteiger partial charge in [-0.1, -0.05) is 29.3 Å². The standard InChI is InChI=1S/C14H16Cl2N2O/c1-9(11-6-17-7-11)14(19)18(2)8-10-3-4-12(15)13(16)5-10/h3-5,17H,6-8H2,1-2H3. The summed E-state index contributed by atoms with van der Waals surface area (Å²) in [5.74, 6) is 0.0579. The highest BCUT2D eigenvalue weighted by atomic mass is 35.5. The monoisotopic (exact) mass is 298 g/mol. The molecule has 0 saturated carbocycles. The van der Waals surface area contributed by atoms with E-state index in [2.05, 4.69) is 5.32 Å². The van der Waals surface area contributed by atoms with Crippen LogP contribution in [0.25, 0.3) is 0 Å². The van der Waals surface area contributed by atoms with E-state index >= 15 is 0 Å². The zero-order chi connectivity index (χ0) is 14.0. The fourth-order valence-corrected chi connectivity index (χ4v) is 2.26. The molecule has 1 aromatic carbocycles. The summed E-state index contributed by atoms with van der Waals surface area (Å²) in [6.45, 7) is 4.04. The van der Waals surface area contributed by atoms with Crippen molar-refractivity contribution in [1.29, 1.82) is 0 Å². The van der Waals surface area contributed by atoms with E-state index in [0.717, 1.165) is 24.2 Å². The van der Waals surface area contributed by atoms with E-state index in [-0.39, 0.29) is 5.91 Å². The molecule has 1 fully saturated rings. The molecule has 0 spiro atoms. The Hall–Kier alpha value is -1.03. The van der Waals surface area contributed by atoms with E-state index in [1.807, 2.05) is 13.0 Å². The molecule has 0 aromatic heterocycles. The molecule has 5 heteroatoms. The number of nitrogens with one attached hydrogen (secondary N) is 1. The predicted octanol–water partition coefficient (Wildman–Crippen LogP) is 2.87. The molecule has 102 valence electrons. The Morgan fingerprint density at radius 2 is 2.00 bits per heavy atom. The van der Waals surface area contributed by atoms with Crippen molar-refractivity contribution >= 4 is 29.1 Å². The van der Waals surface area contributed by atoms with Crippen LogP contribution in [0.3, 0.4) is 0 Å². The number of rotatable bonds is 3. The third-order valence-corrected chi connectivity index (χ3v) is 4.02. The van der Waals surface area contributed by atoms with Crippen LogP contribution in [0.2, 0.25) is 10.0 Å². The number of hydrogen-bond acceptors (Lipinski definition) is 2. The van der Waals surface area contributed by atoms with Crippen molar-refractivity contribution in [3.05, 3.63) is 45.0 Å². The molecule has 1 saturated heterocycles. The van der Waals surface area contributed by atoms with Gasteiger partial charge in [-0.3, -0.25) is 4.79 Å². The average molecular weight is 299 g/mol. The maximum absolute atomic E-state index is 12.2. The van der Waals surface area contributed by atoms with Gasteiger partial charge in [0.25, 0.3) is 0 Å².